The van der Waals surface area contributed by atoms with Crippen molar-refractivity contribution in [2.45, 2.75) is 6.92 Å². The Hall–Kier alpha value is -3.31. The third-order valence-electron chi connectivity index (χ3n) is 4.11. The van der Waals surface area contributed by atoms with Crippen LogP contribution in [0.15, 0.2) is 66.7 Å². The number of benzene rings is 3. The Morgan fingerprint density at radius 3 is 2.18 bits per heavy atom. The van der Waals surface area contributed by atoms with Crippen LogP contribution in [0.4, 0.5) is 5.69 Å². The van der Waals surface area contributed by atoms with Gasteiger partial charge in [0.1, 0.15) is 5.75 Å². The lowest BCUT2D eigenvalue weighted by molar-refractivity contribution is -0.119. The first-order valence-electron chi connectivity index (χ1n) is 8.55. The topological polar surface area (TPSA) is 75.6 Å². The van der Waals surface area contributed by atoms with E-state index in [1.54, 1.807) is 66.7 Å². The number of phenolic OH excluding ortho intramolecular Hbond substituents is 1. The van der Waals surface area contributed by atoms with Crippen molar-refractivity contribution in [3.05, 3.63) is 82.9 Å². The monoisotopic (exact) mass is 395 g/mol. The molecular weight excluding hydrogens is 378 g/mol. The molecule has 0 aromatic heterocycles. The molecule has 0 aliphatic rings. The van der Waals surface area contributed by atoms with Gasteiger partial charge in [-0.05, 0) is 60.0 Å². The van der Waals surface area contributed by atoms with Gasteiger partial charge in [0, 0.05) is 10.7 Å². The Balaban J connectivity index is 1.56. The van der Waals surface area contributed by atoms with Gasteiger partial charge in [-0.15, -0.1) is 0 Å². The second-order valence-electron chi connectivity index (χ2n) is 6.21. The third-order valence-corrected chi connectivity index (χ3v) is 4.52. The number of amides is 1. The lowest BCUT2D eigenvalue weighted by Crippen LogP contribution is -2.20. The summed E-state index contributed by atoms with van der Waals surface area (Å²) in [6.45, 7) is 1.46. The number of ether oxygens (including phenoxy) is 1. The molecule has 3 rings (SSSR count). The van der Waals surface area contributed by atoms with Gasteiger partial charge in [0.25, 0.3) is 5.91 Å². The highest BCUT2D eigenvalue weighted by Gasteiger charge is 2.11. The standard InChI is InChI=1S/C22H18ClNO4/c1-14-2-9-18(12-20(14)23)24-21(26)13-28-22(27)17-5-3-15(4-6-17)16-7-10-19(25)11-8-16/h2-12,25H,13H2,1H3,(H,24,26). The lowest BCUT2D eigenvalue weighted by Gasteiger charge is -2.08. The first-order valence-corrected chi connectivity index (χ1v) is 8.93. The van der Waals surface area contributed by atoms with Gasteiger partial charge < -0.3 is 15.2 Å². The Labute approximate surface area is 167 Å². The van der Waals surface area contributed by atoms with Crippen molar-refractivity contribution in [2.24, 2.45) is 0 Å². The number of phenols is 1. The summed E-state index contributed by atoms with van der Waals surface area (Å²) in [4.78, 5) is 24.1. The number of hydrogen-bond acceptors (Lipinski definition) is 4. The molecule has 3 aromatic carbocycles. The molecule has 0 bridgehead atoms. The molecule has 0 saturated carbocycles. The predicted octanol–water partition coefficient (Wildman–Crippen LogP) is 4.82. The molecule has 6 heteroatoms. The van der Waals surface area contributed by atoms with Gasteiger partial charge in [0.05, 0.1) is 5.56 Å². The van der Waals surface area contributed by atoms with Crippen LogP contribution >= 0.6 is 11.6 Å². The zero-order valence-electron chi connectivity index (χ0n) is 15.1. The molecule has 0 heterocycles. The van der Waals surface area contributed by atoms with Crippen LogP contribution in [-0.4, -0.2) is 23.6 Å². The first kappa shape index (κ1) is 19.5. The molecular formula is C22H18ClNO4. The third kappa shape index (κ3) is 4.90. The smallest absolute Gasteiger partial charge is 0.338 e. The van der Waals surface area contributed by atoms with E-state index in [-0.39, 0.29) is 5.75 Å². The average Bonchev–Trinajstić information content (AvgIpc) is 2.70. The van der Waals surface area contributed by atoms with E-state index in [0.29, 0.717) is 16.3 Å². The van der Waals surface area contributed by atoms with Crippen LogP contribution in [0, 0.1) is 6.92 Å². The molecule has 3 aromatic rings. The Kier molecular flexibility index (Phi) is 5.96. The fourth-order valence-electron chi connectivity index (χ4n) is 2.53. The summed E-state index contributed by atoms with van der Waals surface area (Å²) in [5.41, 5.74) is 3.59. The second kappa shape index (κ2) is 8.59. The fraction of sp³-hybridized carbons (Fsp3) is 0.0909. The molecule has 5 nitrogen and oxygen atoms in total. The Bertz CT molecular complexity index is 998. The van der Waals surface area contributed by atoms with Gasteiger partial charge in [-0.3, -0.25) is 4.79 Å². The van der Waals surface area contributed by atoms with Crippen LogP contribution < -0.4 is 5.32 Å². The van der Waals surface area contributed by atoms with Crippen LogP contribution in [0.2, 0.25) is 5.02 Å². The van der Waals surface area contributed by atoms with E-state index < -0.39 is 18.5 Å². The number of carbonyl (C=O) groups is 2. The van der Waals surface area contributed by atoms with Crippen molar-refractivity contribution in [2.75, 3.05) is 11.9 Å². The zero-order valence-corrected chi connectivity index (χ0v) is 15.9. The van der Waals surface area contributed by atoms with Crippen molar-refractivity contribution < 1.29 is 19.4 Å². The molecule has 1 amide bonds. The van der Waals surface area contributed by atoms with Crippen LogP contribution in [0.25, 0.3) is 11.1 Å². The molecule has 0 aliphatic heterocycles. The highest BCUT2D eigenvalue weighted by atomic mass is 35.5. The van der Waals surface area contributed by atoms with Gasteiger partial charge >= 0.3 is 5.97 Å². The van der Waals surface area contributed by atoms with E-state index in [1.807, 2.05) is 6.92 Å². The van der Waals surface area contributed by atoms with Gasteiger partial charge in [0.15, 0.2) is 6.61 Å². The minimum atomic E-state index is -0.589. The molecule has 2 N–H and O–H groups in total. The molecule has 0 atom stereocenters. The quantitative estimate of drug-likeness (QED) is 0.607. The second-order valence-corrected chi connectivity index (χ2v) is 6.62. The number of hydrogen-bond donors (Lipinski definition) is 2. The number of carbonyl (C=O) groups excluding carboxylic acids is 2. The number of aromatic hydroxyl groups is 1. The van der Waals surface area contributed by atoms with E-state index in [1.165, 1.54) is 0 Å². The Morgan fingerprint density at radius 2 is 1.57 bits per heavy atom. The van der Waals surface area contributed by atoms with Crippen molar-refractivity contribution in [3.63, 3.8) is 0 Å². The van der Waals surface area contributed by atoms with Gasteiger partial charge in [-0.1, -0.05) is 41.9 Å². The SMILES string of the molecule is Cc1ccc(NC(=O)COC(=O)c2ccc(-c3ccc(O)cc3)cc2)cc1Cl. The number of rotatable bonds is 5. The molecule has 0 radical (unpaired) electrons. The largest absolute Gasteiger partial charge is 0.508 e. The van der Waals surface area contributed by atoms with E-state index >= 15 is 0 Å². The predicted molar refractivity (Wildman–Crippen MR) is 109 cm³/mol. The lowest BCUT2D eigenvalue weighted by atomic mass is 10.0. The van der Waals surface area contributed by atoms with Crippen molar-refractivity contribution >= 4 is 29.2 Å². The van der Waals surface area contributed by atoms with E-state index in [4.69, 9.17) is 16.3 Å². The van der Waals surface area contributed by atoms with Crippen LogP contribution in [0.5, 0.6) is 5.75 Å². The summed E-state index contributed by atoms with van der Waals surface area (Å²) in [5, 5.41) is 12.5. The minimum Gasteiger partial charge on any atom is -0.508 e. The number of esters is 1. The maximum Gasteiger partial charge on any atom is 0.338 e. The van der Waals surface area contributed by atoms with Crippen molar-refractivity contribution in [1.29, 1.82) is 0 Å². The number of nitrogens with one attached hydrogen (secondary N) is 1. The normalized spacial score (nSPS) is 10.4. The molecule has 0 aliphatic carbocycles. The molecule has 0 unspecified atom stereocenters. The Morgan fingerprint density at radius 1 is 0.964 bits per heavy atom. The summed E-state index contributed by atoms with van der Waals surface area (Å²) in [5.74, 6) is -0.849. The number of anilines is 1. The number of aryl methyl sites for hydroxylation is 1. The van der Waals surface area contributed by atoms with Crippen molar-refractivity contribution in [1.82, 2.24) is 0 Å². The minimum absolute atomic E-state index is 0.190. The number of halogens is 1. The van der Waals surface area contributed by atoms with E-state index in [0.717, 1.165) is 16.7 Å². The fourth-order valence-corrected chi connectivity index (χ4v) is 2.72. The van der Waals surface area contributed by atoms with Crippen molar-refractivity contribution in [3.8, 4) is 16.9 Å². The molecule has 28 heavy (non-hydrogen) atoms. The summed E-state index contributed by atoms with van der Waals surface area (Å²) in [6.07, 6.45) is 0. The van der Waals surface area contributed by atoms with Crippen LogP contribution in [0.3, 0.4) is 0 Å². The molecule has 142 valence electrons. The molecule has 0 fully saturated rings. The van der Waals surface area contributed by atoms with E-state index in [9.17, 15) is 14.7 Å². The van der Waals surface area contributed by atoms with Crippen LogP contribution in [-0.2, 0) is 9.53 Å². The molecule has 0 spiro atoms. The van der Waals surface area contributed by atoms with Gasteiger partial charge in [-0.2, -0.15) is 0 Å². The maximum absolute atomic E-state index is 12.1. The first-order chi connectivity index (χ1) is 13.4. The molecule has 0 saturated heterocycles. The van der Waals surface area contributed by atoms with Gasteiger partial charge in [-0.25, -0.2) is 4.79 Å². The van der Waals surface area contributed by atoms with E-state index in [2.05, 4.69) is 5.32 Å². The summed E-state index contributed by atoms with van der Waals surface area (Å²) >= 11 is 6.02. The maximum atomic E-state index is 12.1. The summed E-state index contributed by atoms with van der Waals surface area (Å²) in [7, 11) is 0. The van der Waals surface area contributed by atoms with Crippen LogP contribution in [0.1, 0.15) is 15.9 Å². The summed E-state index contributed by atoms with van der Waals surface area (Å²) < 4.78 is 5.06. The zero-order chi connectivity index (χ0) is 20.1. The average molecular weight is 396 g/mol. The summed E-state index contributed by atoms with van der Waals surface area (Å²) in [6, 6.07) is 18.7. The highest BCUT2D eigenvalue weighted by Crippen LogP contribution is 2.22. The highest BCUT2D eigenvalue weighted by molar-refractivity contribution is 6.31. The van der Waals surface area contributed by atoms with Gasteiger partial charge in [0.2, 0.25) is 0 Å².